The molecule has 2 aliphatic rings. The summed E-state index contributed by atoms with van der Waals surface area (Å²) < 4.78 is 0. The monoisotopic (exact) mass is 228 g/mol. The summed E-state index contributed by atoms with van der Waals surface area (Å²) in [4.78, 5) is 1.59. The summed E-state index contributed by atoms with van der Waals surface area (Å²) in [6, 6.07) is 3.93. The van der Waals surface area contributed by atoms with E-state index in [0.29, 0.717) is 0 Å². The summed E-state index contributed by atoms with van der Waals surface area (Å²) in [5.74, 6) is 0. The number of quaternary nitrogens is 1. The van der Waals surface area contributed by atoms with Crippen molar-refractivity contribution < 1.29 is 4.90 Å². The lowest BCUT2D eigenvalue weighted by atomic mass is 9.94. The molecule has 1 aliphatic heterocycles. The molecule has 1 heterocycles. The zero-order valence-electron chi connectivity index (χ0n) is 10.1. The van der Waals surface area contributed by atoms with Crippen molar-refractivity contribution in [2.45, 2.75) is 38.5 Å². The minimum Gasteiger partial charge on any atom is -0.306 e. The van der Waals surface area contributed by atoms with Gasteiger partial charge in [0, 0.05) is 24.8 Å². The number of nitriles is 2. The minimum absolute atomic E-state index is 0.248. The number of nitrogens with zero attached hydrogens (tertiary/aromatic N) is 2. The third-order valence-corrected chi connectivity index (χ3v) is 3.70. The van der Waals surface area contributed by atoms with Crippen LogP contribution in [0.15, 0.2) is 22.9 Å². The first-order chi connectivity index (χ1) is 8.35. The lowest BCUT2D eigenvalue weighted by Gasteiger charge is -2.22. The molecule has 0 atom stereocenters. The Labute approximate surface area is 103 Å². The van der Waals surface area contributed by atoms with Crippen molar-refractivity contribution in [1.29, 1.82) is 10.5 Å². The first-order valence-corrected chi connectivity index (χ1v) is 6.44. The fourth-order valence-corrected chi connectivity index (χ4v) is 2.86. The molecular weight excluding hydrogens is 210 g/mol. The van der Waals surface area contributed by atoms with Crippen LogP contribution in [-0.4, -0.2) is 13.1 Å². The van der Waals surface area contributed by atoms with Crippen LogP contribution < -0.4 is 4.90 Å². The normalized spacial score (nSPS) is 20.8. The fourth-order valence-electron chi connectivity index (χ4n) is 2.86. The van der Waals surface area contributed by atoms with Gasteiger partial charge in [-0.1, -0.05) is 0 Å². The van der Waals surface area contributed by atoms with E-state index < -0.39 is 0 Å². The third-order valence-electron chi connectivity index (χ3n) is 3.70. The van der Waals surface area contributed by atoms with E-state index in [9.17, 15) is 0 Å². The quantitative estimate of drug-likeness (QED) is 0.728. The van der Waals surface area contributed by atoms with Gasteiger partial charge < -0.3 is 4.90 Å². The molecule has 0 amide bonds. The number of nitrogens with one attached hydrogen (secondary N) is 1. The van der Waals surface area contributed by atoms with Gasteiger partial charge in [-0.05, 0) is 25.3 Å². The molecular formula is C14H18N3+. The first-order valence-electron chi connectivity index (χ1n) is 6.44. The standard InChI is InChI=1S/C14H17N3/c15-10-12(11-16)9-13-5-1-2-6-14(13)17-7-3-4-8-17/h9H,1-8H2/p+1. The zero-order valence-corrected chi connectivity index (χ0v) is 10.1. The van der Waals surface area contributed by atoms with Crippen LogP contribution in [0.25, 0.3) is 0 Å². The highest BCUT2D eigenvalue weighted by Gasteiger charge is 2.25. The van der Waals surface area contributed by atoms with Gasteiger partial charge in [-0.3, -0.25) is 0 Å². The molecule has 1 aliphatic carbocycles. The number of rotatable bonds is 2. The van der Waals surface area contributed by atoms with Crippen molar-refractivity contribution in [3.05, 3.63) is 22.9 Å². The molecule has 0 aromatic heterocycles. The Hall–Kier alpha value is -1.58. The van der Waals surface area contributed by atoms with E-state index in [1.54, 1.807) is 4.90 Å². The fraction of sp³-hybridized carbons (Fsp3) is 0.571. The summed E-state index contributed by atoms with van der Waals surface area (Å²) in [5.41, 5.74) is 2.97. The molecule has 0 saturated carbocycles. The van der Waals surface area contributed by atoms with Gasteiger partial charge in [0.1, 0.15) is 23.4 Å². The lowest BCUT2D eigenvalue weighted by molar-refractivity contribution is -0.849. The van der Waals surface area contributed by atoms with E-state index in [1.807, 2.05) is 18.2 Å². The maximum absolute atomic E-state index is 8.84. The molecule has 0 radical (unpaired) electrons. The topological polar surface area (TPSA) is 52.0 Å². The number of likely N-dealkylation sites (tertiary alicyclic amines) is 1. The molecule has 1 saturated heterocycles. The van der Waals surface area contributed by atoms with Gasteiger partial charge in [0.25, 0.3) is 0 Å². The largest absolute Gasteiger partial charge is 0.306 e. The number of allylic oxidation sites excluding steroid dienone is 4. The van der Waals surface area contributed by atoms with Gasteiger partial charge in [-0.25, -0.2) is 0 Å². The van der Waals surface area contributed by atoms with Gasteiger partial charge in [0.2, 0.25) is 0 Å². The van der Waals surface area contributed by atoms with Crippen molar-refractivity contribution in [1.82, 2.24) is 0 Å². The van der Waals surface area contributed by atoms with Crippen molar-refractivity contribution in [2.24, 2.45) is 0 Å². The molecule has 0 aromatic carbocycles. The molecule has 1 fully saturated rings. The van der Waals surface area contributed by atoms with Crippen LogP contribution in [-0.2, 0) is 0 Å². The molecule has 0 spiro atoms. The average molecular weight is 228 g/mol. The van der Waals surface area contributed by atoms with Crippen LogP contribution >= 0.6 is 0 Å². The minimum atomic E-state index is 0.248. The second kappa shape index (κ2) is 5.66. The molecule has 2 rings (SSSR count). The van der Waals surface area contributed by atoms with Crippen molar-refractivity contribution in [2.75, 3.05) is 13.1 Å². The molecule has 88 valence electrons. The van der Waals surface area contributed by atoms with Gasteiger partial charge in [0.05, 0.1) is 13.1 Å². The van der Waals surface area contributed by atoms with Crippen molar-refractivity contribution >= 4 is 0 Å². The highest BCUT2D eigenvalue weighted by molar-refractivity contribution is 5.42. The second-order valence-electron chi connectivity index (χ2n) is 4.80. The molecule has 0 bridgehead atoms. The van der Waals surface area contributed by atoms with Gasteiger partial charge in [0.15, 0.2) is 0 Å². The Morgan fingerprint density at radius 3 is 2.29 bits per heavy atom. The number of hydrogen-bond acceptors (Lipinski definition) is 2. The predicted octanol–water partition coefficient (Wildman–Crippen LogP) is 1.47. The Morgan fingerprint density at radius 2 is 1.65 bits per heavy atom. The molecule has 0 unspecified atom stereocenters. The SMILES string of the molecule is N#CC(C#N)=CC1=C([NH+]2CCCC2)CCCC1. The molecule has 3 nitrogen and oxygen atoms in total. The van der Waals surface area contributed by atoms with E-state index >= 15 is 0 Å². The van der Waals surface area contributed by atoms with E-state index in [2.05, 4.69) is 0 Å². The van der Waals surface area contributed by atoms with E-state index in [-0.39, 0.29) is 5.57 Å². The van der Waals surface area contributed by atoms with Crippen LogP contribution in [0.3, 0.4) is 0 Å². The predicted molar refractivity (Wildman–Crippen MR) is 64.7 cm³/mol. The smallest absolute Gasteiger partial charge is 0.130 e. The van der Waals surface area contributed by atoms with Crippen molar-refractivity contribution in [3.63, 3.8) is 0 Å². The Morgan fingerprint density at radius 1 is 1.00 bits per heavy atom. The zero-order chi connectivity index (χ0) is 12.1. The summed E-state index contributed by atoms with van der Waals surface area (Å²) in [6.45, 7) is 2.45. The Bertz CT molecular complexity index is 409. The van der Waals surface area contributed by atoms with Crippen LogP contribution in [0.4, 0.5) is 0 Å². The van der Waals surface area contributed by atoms with E-state index in [0.717, 1.165) is 12.8 Å². The molecule has 1 N–H and O–H groups in total. The highest BCUT2D eigenvalue weighted by atomic mass is 15.1. The van der Waals surface area contributed by atoms with Crippen LogP contribution in [0.2, 0.25) is 0 Å². The summed E-state index contributed by atoms with van der Waals surface area (Å²) in [5, 5.41) is 17.7. The van der Waals surface area contributed by atoms with Crippen LogP contribution in [0, 0.1) is 22.7 Å². The summed E-state index contributed by atoms with van der Waals surface area (Å²) >= 11 is 0. The lowest BCUT2D eigenvalue weighted by Crippen LogP contribution is -3.08. The first kappa shape index (κ1) is 11.9. The number of hydrogen-bond donors (Lipinski definition) is 1. The Kier molecular flexibility index (Phi) is 3.96. The van der Waals surface area contributed by atoms with Crippen LogP contribution in [0.5, 0.6) is 0 Å². The molecule has 3 heteroatoms. The molecule has 17 heavy (non-hydrogen) atoms. The van der Waals surface area contributed by atoms with Gasteiger partial charge >= 0.3 is 0 Å². The third kappa shape index (κ3) is 2.75. The average Bonchev–Trinajstić information content (AvgIpc) is 2.90. The van der Waals surface area contributed by atoms with E-state index in [4.69, 9.17) is 10.5 Å². The van der Waals surface area contributed by atoms with Crippen molar-refractivity contribution in [3.8, 4) is 12.1 Å². The Balaban J connectivity index is 2.28. The molecule has 0 aromatic rings. The highest BCUT2D eigenvalue weighted by Crippen LogP contribution is 2.23. The van der Waals surface area contributed by atoms with Gasteiger partial charge in [-0.2, -0.15) is 10.5 Å². The maximum atomic E-state index is 8.84. The van der Waals surface area contributed by atoms with Gasteiger partial charge in [-0.15, -0.1) is 0 Å². The summed E-state index contributed by atoms with van der Waals surface area (Å²) in [7, 11) is 0. The maximum Gasteiger partial charge on any atom is 0.130 e. The summed E-state index contributed by atoms with van der Waals surface area (Å²) in [6.07, 6.45) is 9.05. The second-order valence-corrected chi connectivity index (χ2v) is 4.80. The van der Waals surface area contributed by atoms with E-state index in [1.165, 1.54) is 50.0 Å². The van der Waals surface area contributed by atoms with Crippen LogP contribution in [0.1, 0.15) is 38.5 Å².